The molecule has 0 spiro atoms. The average Bonchev–Trinajstić information content (AvgIpc) is 2.87. The third-order valence-corrected chi connectivity index (χ3v) is 7.50. The Morgan fingerprint density at radius 2 is 1.79 bits per heavy atom. The molecule has 1 aliphatic heterocycles. The quantitative estimate of drug-likeness (QED) is 0.813. The standard InChI is InChI=1S/C19H25ClN4O3S/c1-13-18(14(2)23(3)22-13)21-19(25)15-8-9-16(20)17(12-15)28(26,27)24-10-6-4-5-7-11-24/h8-9,12H,4-7,10-11H2,1-3H3,(H,21,25). The lowest BCUT2D eigenvalue weighted by molar-refractivity contribution is 0.102. The molecular weight excluding hydrogens is 400 g/mol. The smallest absolute Gasteiger partial charge is 0.255 e. The summed E-state index contributed by atoms with van der Waals surface area (Å²) in [4.78, 5) is 12.7. The molecule has 28 heavy (non-hydrogen) atoms. The van der Waals surface area contributed by atoms with Gasteiger partial charge in [-0.25, -0.2) is 8.42 Å². The van der Waals surface area contributed by atoms with Gasteiger partial charge in [0, 0.05) is 25.7 Å². The highest BCUT2D eigenvalue weighted by Crippen LogP contribution is 2.28. The first-order chi connectivity index (χ1) is 13.2. The van der Waals surface area contributed by atoms with Crippen LogP contribution in [0, 0.1) is 13.8 Å². The first-order valence-corrected chi connectivity index (χ1v) is 11.1. The van der Waals surface area contributed by atoms with E-state index < -0.39 is 15.9 Å². The summed E-state index contributed by atoms with van der Waals surface area (Å²) in [6, 6.07) is 4.35. The number of nitrogens with zero attached hydrogens (tertiary/aromatic N) is 3. The maximum atomic E-state index is 13.1. The van der Waals surface area contributed by atoms with Gasteiger partial charge in [0.05, 0.1) is 22.1 Å². The molecule has 9 heteroatoms. The predicted molar refractivity (Wildman–Crippen MR) is 109 cm³/mol. The van der Waals surface area contributed by atoms with E-state index in [1.165, 1.54) is 22.5 Å². The molecule has 0 radical (unpaired) electrons. The number of carbonyl (C=O) groups is 1. The molecule has 152 valence electrons. The zero-order valence-electron chi connectivity index (χ0n) is 16.3. The minimum atomic E-state index is -3.75. The van der Waals surface area contributed by atoms with Crippen LogP contribution in [0.1, 0.15) is 47.4 Å². The van der Waals surface area contributed by atoms with E-state index in [0.717, 1.165) is 31.4 Å². The van der Waals surface area contributed by atoms with Crippen molar-refractivity contribution in [1.82, 2.24) is 14.1 Å². The van der Waals surface area contributed by atoms with E-state index in [2.05, 4.69) is 10.4 Å². The Kier molecular flexibility index (Phi) is 6.12. The van der Waals surface area contributed by atoms with Gasteiger partial charge in [-0.15, -0.1) is 0 Å². The minimum Gasteiger partial charge on any atom is -0.319 e. The van der Waals surface area contributed by atoms with Crippen LogP contribution in [0.4, 0.5) is 5.69 Å². The Morgan fingerprint density at radius 1 is 1.14 bits per heavy atom. The van der Waals surface area contributed by atoms with Gasteiger partial charge >= 0.3 is 0 Å². The molecule has 1 saturated heterocycles. The van der Waals surface area contributed by atoms with Crippen LogP contribution in [0.5, 0.6) is 0 Å². The van der Waals surface area contributed by atoms with E-state index in [-0.39, 0.29) is 15.5 Å². The Morgan fingerprint density at radius 3 is 2.36 bits per heavy atom. The highest BCUT2D eigenvalue weighted by atomic mass is 35.5. The van der Waals surface area contributed by atoms with Crippen LogP contribution in [-0.4, -0.2) is 41.5 Å². The third kappa shape index (κ3) is 4.09. The van der Waals surface area contributed by atoms with Gasteiger partial charge in [-0.05, 0) is 44.9 Å². The summed E-state index contributed by atoms with van der Waals surface area (Å²) in [7, 11) is -1.95. The molecule has 1 fully saturated rings. The second-order valence-electron chi connectivity index (χ2n) is 7.09. The summed E-state index contributed by atoms with van der Waals surface area (Å²) < 4.78 is 29.4. The number of halogens is 1. The van der Waals surface area contributed by atoms with Crippen molar-refractivity contribution in [2.75, 3.05) is 18.4 Å². The van der Waals surface area contributed by atoms with Gasteiger partial charge in [-0.2, -0.15) is 9.40 Å². The molecule has 0 unspecified atom stereocenters. The fourth-order valence-corrected chi connectivity index (χ4v) is 5.42. The molecular formula is C19H25ClN4O3S. The molecule has 2 heterocycles. The number of hydrogen-bond donors (Lipinski definition) is 1. The second kappa shape index (κ2) is 8.23. The minimum absolute atomic E-state index is 0.0247. The Balaban J connectivity index is 1.91. The fraction of sp³-hybridized carbons (Fsp3) is 0.474. The number of nitrogens with one attached hydrogen (secondary N) is 1. The lowest BCUT2D eigenvalue weighted by Gasteiger charge is -2.21. The largest absolute Gasteiger partial charge is 0.319 e. The van der Waals surface area contributed by atoms with Crippen LogP contribution >= 0.6 is 11.6 Å². The van der Waals surface area contributed by atoms with E-state index >= 15 is 0 Å². The van der Waals surface area contributed by atoms with Crippen LogP contribution in [0.2, 0.25) is 5.02 Å². The van der Waals surface area contributed by atoms with Crippen molar-refractivity contribution in [1.29, 1.82) is 0 Å². The van der Waals surface area contributed by atoms with Gasteiger partial charge in [-0.1, -0.05) is 24.4 Å². The summed E-state index contributed by atoms with van der Waals surface area (Å²) >= 11 is 6.21. The van der Waals surface area contributed by atoms with Crippen molar-refractivity contribution in [3.8, 4) is 0 Å². The van der Waals surface area contributed by atoms with Gasteiger partial charge in [0.25, 0.3) is 5.91 Å². The molecule has 1 N–H and O–H groups in total. The topological polar surface area (TPSA) is 84.3 Å². The summed E-state index contributed by atoms with van der Waals surface area (Å²) in [5.41, 5.74) is 2.37. The van der Waals surface area contributed by atoms with Gasteiger partial charge < -0.3 is 5.32 Å². The summed E-state index contributed by atoms with van der Waals surface area (Å²) in [5.74, 6) is -0.400. The number of anilines is 1. The van der Waals surface area contributed by atoms with Crippen LogP contribution < -0.4 is 5.32 Å². The third-order valence-electron chi connectivity index (χ3n) is 5.12. The first kappa shape index (κ1) is 20.8. The first-order valence-electron chi connectivity index (χ1n) is 9.33. The molecule has 1 amide bonds. The van der Waals surface area contributed by atoms with Crippen molar-refractivity contribution in [2.24, 2.45) is 7.05 Å². The van der Waals surface area contributed by atoms with E-state index in [9.17, 15) is 13.2 Å². The van der Waals surface area contributed by atoms with Crippen molar-refractivity contribution in [3.05, 3.63) is 40.2 Å². The molecule has 2 aromatic rings. The molecule has 0 bridgehead atoms. The number of aryl methyl sites for hydroxylation is 2. The van der Waals surface area contributed by atoms with Crippen molar-refractivity contribution in [2.45, 2.75) is 44.4 Å². The molecule has 0 saturated carbocycles. The van der Waals surface area contributed by atoms with Gasteiger partial charge in [0.1, 0.15) is 4.90 Å². The SMILES string of the molecule is Cc1nn(C)c(C)c1NC(=O)c1ccc(Cl)c(S(=O)(=O)N2CCCCCC2)c1. The Labute approximate surface area is 170 Å². The molecule has 1 aromatic carbocycles. The van der Waals surface area contributed by atoms with Crippen LogP contribution in [0.3, 0.4) is 0 Å². The number of sulfonamides is 1. The maximum Gasteiger partial charge on any atom is 0.255 e. The van der Waals surface area contributed by atoms with E-state index in [0.29, 0.717) is 24.5 Å². The van der Waals surface area contributed by atoms with Crippen molar-refractivity contribution in [3.63, 3.8) is 0 Å². The normalized spacial score (nSPS) is 16.0. The molecule has 7 nitrogen and oxygen atoms in total. The van der Waals surface area contributed by atoms with Crippen LogP contribution in [-0.2, 0) is 17.1 Å². The monoisotopic (exact) mass is 424 g/mol. The van der Waals surface area contributed by atoms with E-state index in [1.54, 1.807) is 18.7 Å². The van der Waals surface area contributed by atoms with Gasteiger partial charge in [-0.3, -0.25) is 9.48 Å². The number of hydrogen-bond acceptors (Lipinski definition) is 4. The molecule has 1 aromatic heterocycles. The van der Waals surface area contributed by atoms with E-state index in [4.69, 9.17) is 11.6 Å². The average molecular weight is 425 g/mol. The van der Waals surface area contributed by atoms with Gasteiger partial charge in [0.2, 0.25) is 10.0 Å². The van der Waals surface area contributed by atoms with E-state index in [1.807, 2.05) is 6.92 Å². The number of rotatable bonds is 4. The second-order valence-corrected chi connectivity index (χ2v) is 9.40. The Hall–Kier alpha value is -1.90. The fourth-order valence-electron chi connectivity index (χ4n) is 3.40. The summed E-state index contributed by atoms with van der Waals surface area (Å²) in [6.07, 6.45) is 3.70. The highest BCUT2D eigenvalue weighted by molar-refractivity contribution is 7.89. The number of benzene rings is 1. The molecule has 3 rings (SSSR count). The number of carbonyl (C=O) groups excluding carboxylic acids is 1. The summed E-state index contributed by atoms with van der Waals surface area (Å²) in [5, 5.41) is 7.23. The summed E-state index contributed by atoms with van der Waals surface area (Å²) in [6.45, 7) is 4.61. The zero-order valence-corrected chi connectivity index (χ0v) is 17.9. The number of aromatic nitrogens is 2. The van der Waals surface area contributed by atoms with Gasteiger partial charge in [0.15, 0.2) is 0 Å². The molecule has 0 atom stereocenters. The van der Waals surface area contributed by atoms with Crippen molar-refractivity contribution >= 4 is 33.2 Å². The maximum absolute atomic E-state index is 13.1. The van der Waals surface area contributed by atoms with Crippen molar-refractivity contribution < 1.29 is 13.2 Å². The lowest BCUT2D eigenvalue weighted by Crippen LogP contribution is -2.32. The predicted octanol–water partition coefficient (Wildman–Crippen LogP) is 3.51. The highest BCUT2D eigenvalue weighted by Gasteiger charge is 2.28. The lowest BCUT2D eigenvalue weighted by atomic mass is 10.2. The van der Waals surface area contributed by atoms with Crippen LogP contribution in [0.15, 0.2) is 23.1 Å². The number of amides is 1. The molecule has 0 aliphatic carbocycles. The molecule has 1 aliphatic rings. The zero-order chi connectivity index (χ0) is 20.5. The van der Waals surface area contributed by atoms with Crippen LogP contribution in [0.25, 0.3) is 0 Å². The Bertz CT molecular complexity index is 993.